The predicted molar refractivity (Wildman–Crippen MR) is 75.4 cm³/mol. The number of fused-ring (bicyclic) bond motifs is 1. The van der Waals surface area contributed by atoms with Crippen molar-refractivity contribution in [2.75, 3.05) is 0 Å². The average Bonchev–Trinajstić information content (AvgIpc) is 2.95. The molecule has 3 rings (SSSR count). The summed E-state index contributed by atoms with van der Waals surface area (Å²) in [6.45, 7) is 0. The summed E-state index contributed by atoms with van der Waals surface area (Å²) in [5.74, 6) is 0.654. The summed E-state index contributed by atoms with van der Waals surface area (Å²) in [4.78, 5) is 7.59. The molecule has 0 saturated carbocycles. The number of nitrogens with two attached hydrogens (primary N) is 1. The van der Waals surface area contributed by atoms with E-state index in [9.17, 15) is 0 Å². The molecule has 0 fully saturated rings. The lowest BCUT2D eigenvalue weighted by molar-refractivity contribution is 0.762. The number of halogens is 2. The van der Waals surface area contributed by atoms with E-state index in [0.717, 1.165) is 16.6 Å². The van der Waals surface area contributed by atoms with Gasteiger partial charge in [0.1, 0.15) is 5.82 Å². The van der Waals surface area contributed by atoms with Crippen LogP contribution in [0.5, 0.6) is 0 Å². The molecule has 98 valence electrons. The van der Waals surface area contributed by atoms with Crippen molar-refractivity contribution in [3.05, 3.63) is 46.0 Å². The number of rotatable bonds is 2. The zero-order valence-corrected chi connectivity index (χ0v) is 11.6. The van der Waals surface area contributed by atoms with E-state index in [1.54, 1.807) is 23.0 Å². The first-order valence-corrected chi connectivity index (χ1v) is 6.39. The van der Waals surface area contributed by atoms with Gasteiger partial charge in [-0.1, -0.05) is 23.2 Å². The number of hydrogen-bond donors (Lipinski definition) is 2. The van der Waals surface area contributed by atoms with Crippen LogP contribution in [0.4, 0.5) is 0 Å². The molecule has 0 bridgehead atoms. The molecular weight excluding hydrogens is 285 g/mol. The van der Waals surface area contributed by atoms with Crippen molar-refractivity contribution in [3.63, 3.8) is 0 Å². The monoisotopic (exact) mass is 295 g/mol. The third kappa shape index (κ3) is 2.20. The topological polar surface area (TPSA) is 72.5 Å². The van der Waals surface area contributed by atoms with Crippen molar-refractivity contribution in [2.24, 2.45) is 12.8 Å². The molecule has 3 aromatic rings. The van der Waals surface area contributed by atoms with Gasteiger partial charge in [0.15, 0.2) is 0 Å². The van der Waals surface area contributed by atoms with Gasteiger partial charge in [-0.25, -0.2) is 4.98 Å². The summed E-state index contributed by atoms with van der Waals surface area (Å²) in [6, 6.07) is 3.10. The largest absolute Gasteiger partial charge is 0.340 e. The van der Waals surface area contributed by atoms with Crippen LogP contribution in [0.25, 0.3) is 11.0 Å². The third-order valence-corrected chi connectivity index (χ3v) is 3.64. The molecule has 19 heavy (non-hydrogen) atoms. The van der Waals surface area contributed by atoms with Gasteiger partial charge < -0.3 is 10.7 Å². The van der Waals surface area contributed by atoms with Crippen LogP contribution in [0.1, 0.15) is 17.4 Å². The van der Waals surface area contributed by atoms with Gasteiger partial charge in [-0.15, -0.1) is 0 Å². The Morgan fingerprint density at radius 3 is 2.74 bits per heavy atom. The predicted octanol–water partition coefficient (Wildman–Crippen LogP) is 2.65. The number of benzene rings is 1. The number of aromatic nitrogens is 4. The molecule has 0 aliphatic rings. The SMILES string of the molecule is Cn1cc(C(N)c2nc3cc(Cl)c(Cl)cc3[nH]2)cn1. The minimum absolute atomic E-state index is 0.362. The minimum Gasteiger partial charge on any atom is -0.340 e. The quantitative estimate of drug-likeness (QED) is 0.763. The number of hydrogen-bond acceptors (Lipinski definition) is 3. The average molecular weight is 296 g/mol. The lowest BCUT2D eigenvalue weighted by atomic mass is 10.2. The molecule has 0 amide bonds. The van der Waals surface area contributed by atoms with Crippen LogP contribution < -0.4 is 5.73 Å². The van der Waals surface area contributed by atoms with Crippen molar-refractivity contribution in [3.8, 4) is 0 Å². The molecule has 3 N–H and O–H groups in total. The van der Waals surface area contributed by atoms with Crippen molar-refractivity contribution >= 4 is 34.2 Å². The van der Waals surface area contributed by atoms with Gasteiger partial charge in [0.25, 0.3) is 0 Å². The molecule has 0 aliphatic carbocycles. The van der Waals surface area contributed by atoms with E-state index < -0.39 is 0 Å². The minimum atomic E-state index is -0.362. The van der Waals surface area contributed by atoms with E-state index in [0.29, 0.717) is 15.9 Å². The van der Waals surface area contributed by atoms with E-state index in [-0.39, 0.29) is 6.04 Å². The van der Waals surface area contributed by atoms with E-state index in [4.69, 9.17) is 28.9 Å². The van der Waals surface area contributed by atoms with Gasteiger partial charge in [0.2, 0.25) is 0 Å². The molecule has 7 heteroatoms. The lowest BCUT2D eigenvalue weighted by Crippen LogP contribution is -2.12. The summed E-state index contributed by atoms with van der Waals surface area (Å²) in [7, 11) is 1.84. The number of imidazole rings is 1. The van der Waals surface area contributed by atoms with Crippen LogP contribution in [-0.4, -0.2) is 19.7 Å². The Morgan fingerprint density at radius 1 is 1.32 bits per heavy atom. The molecule has 0 spiro atoms. The second-order valence-electron chi connectivity index (χ2n) is 4.33. The summed E-state index contributed by atoms with van der Waals surface area (Å²) >= 11 is 11.9. The zero-order valence-electron chi connectivity index (χ0n) is 10.1. The molecule has 2 heterocycles. The summed E-state index contributed by atoms with van der Waals surface area (Å²) < 4.78 is 1.70. The van der Waals surface area contributed by atoms with E-state index in [2.05, 4.69) is 15.1 Å². The van der Waals surface area contributed by atoms with Gasteiger partial charge in [-0.05, 0) is 12.1 Å². The van der Waals surface area contributed by atoms with E-state index >= 15 is 0 Å². The van der Waals surface area contributed by atoms with Gasteiger partial charge >= 0.3 is 0 Å². The van der Waals surface area contributed by atoms with E-state index in [1.807, 2.05) is 13.2 Å². The lowest BCUT2D eigenvalue weighted by Gasteiger charge is -2.04. The maximum Gasteiger partial charge on any atom is 0.128 e. The van der Waals surface area contributed by atoms with Crippen molar-refractivity contribution < 1.29 is 0 Å². The first kappa shape index (κ1) is 12.5. The van der Waals surface area contributed by atoms with Crippen LogP contribution >= 0.6 is 23.2 Å². The first-order valence-electron chi connectivity index (χ1n) is 5.63. The molecule has 1 aromatic carbocycles. The van der Waals surface area contributed by atoms with Gasteiger partial charge in [-0.3, -0.25) is 4.68 Å². The van der Waals surface area contributed by atoms with Crippen LogP contribution in [0.2, 0.25) is 10.0 Å². The molecule has 0 radical (unpaired) electrons. The van der Waals surface area contributed by atoms with Crippen molar-refractivity contribution in [2.45, 2.75) is 6.04 Å². The Balaban J connectivity index is 2.05. The molecule has 2 aromatic heterocycles. The highest BCUT2D eigenvalue weighted by molar-refractivity contribution is 6.42. The summed E-state index contributed by atoms with van der Waals surface area (Å²) in [5.41, 5.74) is 8.59. The standard InChI is InChI=1S/C12H11Cl2N5/c1-19-5-6(4-16-19)11(15)12-17-9-2-7(13)8(14)3-10(9)18-12/h2-5,11H,15H2,1H3,(H,17,18). The van der Waals surface area contributed by atoms with Gasteiger partial charge in [0, 0.05) is 18.8 Å². The maximum absolute atomic E-state index is 6.16. The third-order valence-electron chi connectivity index (χ3n) is 2.92. The Hall–Kier alpha value is -1.56. The fraction of sp³-hybridized carbons (Fsp3) is 0.167. The fourth-order valence-corrected chi connectivity index (χ4v) is 2.25. The smallest absolute Gasteiger partial charge is 0.128 e. The number of nitrogens with zero attached hydrogens (tertiary/aromatic N) is 3. The Kier molecular flexibility index (Phi) is 2.97. The highest BCUT2D eigenvalue weighted by Crippen LogP contribution is 2.28. The number of H-pyrrole nitrogens is 1. The van der Waals surface area contributed by atoms with Crippen LogP contribution in [-0.2, 0) is 7.05 Å². The molecule has 0 aliphatic heterocycles. The van der Waals surface area contributed by atoms with Crippen LogP contribution in [0, 0.1) is 0 Å². The molecular formula is C12H11Cl2N5. The molecule has 1 atom stereocenters. The highest BCUT2D eigenvalue weighted by Gasteiger charge is 2.15. The van der Waals surface area contributed by atoms with Gasteiger partial charge in [0.05, 0.1) is 33.3 Å². The summed E-state index contributed by atoms with van der Waals surface area (Å²) in [5, 5.41) is 5.06. The zero-order chi connectivity index (χ0) is 13.6. The molecule has 5 nitrogen and oxygen atoms in total. The van der Waals surface area contributed by atoms with Crippen molar-refractivity contribution in [1.29, 1.82) is 0 Å². The Labute approximate surface area is 119 Å². The second-order valence-corrected chi connectivity index (χ2v) is 5.14. The first-order chi connectivity index (χ1) is 9.04. The second kappa shape index (κ2) is 4.52. The van der Waals surface area contributed by atoms with Crippen molar-refractivity contribution in [1.82, 2.24) is 19.7 Å². The fourth-order valence-electron chi connectivity index (χ4n) is 1.93. The Morgan fingerprint density at radius 2 is 2.05 bits per heavy atom. The number of aromatic amines is 1. The normalized spacial score (nSPS) is 13.1. The molecule has 0 saturated heterocycles. The highest BCUT2D eigenvalue weighted by atomic mass is 35.5. The number of nitrogens with one attached hydrogen (secondary N) is 1. The van der Waals surface area contributed by atoms with Gasteiger partial charge in [-0.2, -0.15) is 5.10 Å². The Bertz CT molecular complexity index is 707. The van der Waals surface area contributed by atoms with Crippen LogP contribution in [0.3, 0.4) is 0 Å². The summed E-state index contributed by atoms with van der Waals surface area (Å²) in [6.07, 6.45) is 3.58. The van der Waals surface area contributed by atoms with Crippen LogP contribution in [0.15, 0.2) is 24.5 Å². The molecule has 1 unspecified atom stereocenters. The maximum atomic E-state index is 6.16. The van der Waals surface area contributed by atoms with E-state index in [1.165, 1.54) is 0 Å². The number of aryl methyl sites for hydroxylation is 1.